The standard InChI is InChI=1S/C11H18N4.2C2H6/c1-9-8-12-11(13-10(9)2)15-6-4-14(3)5-7-15;2*1-2/h8H,4-7H2,1-3H3;2*1-2H3. The maximum absolute atomic E-state index is 4.52. The van der Waals surface area contributed by atoms with Crippen LogP contribution in [0.3, 0.4) is 0 Å². The maximum atomic E-state index is 4.52. The Bertz CT molecular complexity index is 344. The number of rotatable bonds is 1. The maximum Gasteiger partial charge on any atom is 0.225 e. The van der Waals surface area contributed by atoms with E-state index >= 15 is 0 Å². The van der Waals surface area contributed by atoms with E-state index in [-0.39, 0.29) is 0 Å². The molecule has 0 radical (unpaired) electrons. The monoisotopic (exact) mass is 266 g/mol. The van der Waals surface area contributed by atoms with Gasteiger partial charge in [-0.25, -0.2) is 9.97 Å². The van der Waals surface area contributed by atoms with Gasteiger partial charge < -0.3 is 9.80 Å². The van der Waals surface area contributed by atoms with Crippen molar-refractivity contribution in [3.05, 3.63) is 17.5 Å². The average molecular weight is 266 g/mol. The zero-order valence-electron chi connectivity index (χ0n) is 13.7. The second-order valence-electron chi connectivity index (χ2n) is 4.23. The summed E-state index contributed by atoms with van der Waals surface area (Å²) in [5.41, 5.74) is 2.24. The number of anilines is 1. The van der Waals surface area contributed by atoms with Crippen molar-refractivity contribution in [1.82, 2.24) is 14.9 Å². The molecule has 0 saturated carbocycles. The Labute approximate surface area is 118 Å². The molecule has 0 atom stereocenters. The highest BCUT2D eigenvalue weighted by molar-refractivity contribution is 5.33. The molecule has 0 bridgehead atoms. The predicted octanol–water partition coefficient (Wildman–Crippen LogP) is 2.90. The van der Waals surface area contributed by atoms with E-state index in [2.05, 4.69) is 26.8 Å². The van der Waals surface area contributed by atoms with Crippen molar-refractivity contribution in [2.75, 3.05) is 38.1 Å². The number of aromatic nitrogens is 2. The normalized spacial score (nSPS) is 15.0. The lowest BCUT2D eigenvalue weighted by Crippen LogP contribution is -2.45. The minimum absolute atomic E-state index is 0.881. The number of hydrogen-bond acceptors (Lipinski definition) is 4. The third-order valence-corrected chi connectivity index (χ3v) is 3.00. The Morgan fingerprint density at radius 3 is 1.95 bits per heavy atom. The van der Waals surface area contributed by atoms with E-state index < -0.39 is 0 Å². The summed E-state index contributed by atoms with van der Waals surface area (Å²) in [7, 11) is 2.15. The van der Waals surface area contributed by atoms with Gasteiger partial charge in [-0.3, -0.25) is 0 Å². The zero-order chi connectivity index (χ0) is 14.8. The van der Waals surface area contributed by atoms with Crippen molar-refractivity contribution in [3.8, 4) is 0 Å². The van der Waals surface area contributed by atoms with Gasteiger partial charge in [-0.05, 0) is 26.5 Å². The minimum atomic E-state index is 0.881. The summed E-state index contributed by atoms with van der Waals surface area (Å²) in [5, 5.41) is 0. The number of aryl methyl sites for hydroxylation is 2. The molecule has 0 aromatic carbocycles. The van der Waals surface area contributed by atoms with E-state index in [4.69, 9.17) is 0 Å². The fourth-order valence-corrected chi connectivity index (χ4v) is 1.67. The molecule has 0 amide bonds. The van der Waals surface area contributed by atoms with Crippen molar-refractivity contribution < 1.29 is 0 Å². The van der Waals surface area contributed by atoms with E-state index in [1.807, 2.05) is 47.7 Å². The van der Waals surface area contributed by atoms with Crippen molar-refractivity contribution in [2.45, 2.75) is 41.5 Å². The molecule has 1 saturated heterocycles. The summed E-state index contributed by atoms with van der Waals surface area (Å²) in [6.07, 6.45) is 1.91. The molecule has 1 aromatic heterocycles. The van der Waals surface area contributed by atoms with Gasteiger partial charge in [-0.2, -0.15) is 0 Å². The largest absolute Gasteiger partial charge is 0.338 e. The topological polar surface area (TPSA) is 32.3 Å². The quantitative estimate of drug-likeness (QED) is 0.782. The van der Waals surface area contributed by atoms with Crippen molar-refractivity contribution in [3.63, 3.8) is 0 Å². The lowest BCUT2D eigenvalue weighted by molar-refractivity contribution is 0.311. The van der Waals surface area contributed by atoms with Crippen LogP contribution < -0.4 is 4.90 Å². The summed E-state index contributed by atoms with van der Waals surface area (Å²) < 4.78 is 0. The Kier molecular flexibility index (Phi) is 9.13. The number of hydrogen-bond donors (Lipinski definition) is 0. The van der Waals surface area contributed by atoms with Gasteiger partial charge >= 0.3 is 0 Å². The molecule has 4 nitrogen and oxygen atoms in total. The van der Waals surface area contributed by atoms with Crippen LogP contribution in [0.1, 0.15) is 39.0 Å². The lowest BCUT2D eigenvalue weighted by atomic mass is 10.3. The third kappa shape index (κ3) is 5.55. The Balaban J connectivity index is 0.000000741. The van der Waals surface area contributed by atoms with E-state index in [0.717, 1.165) is 43.4 Å². The molecule has 1 fully saturated rings. The average Bonchev–Trinajstić information content (AvgIpc) is 2.47. The molecule has 0 spiro atoms. The molecular formula is C15H30N4. The van der Waals surface area contributed by atoms with E-state index in [1.165, 1.54) is 0 Å². The van der Waals surface area contributed by atoms with Crippen LogP contribution in [0.25, 0.3) is 0 Å². The van der Waals surface area contributed by atoms with Gasteiger partial charge in [-0.15, -0.1) is 0 Å². The molecule has 0 N–H and O–H groups in total. The molecule has 110 valence electrons. The molecule has 4 heteroatoms. The fraction of sp³-hybridized carbons (Fsp3) is 0.733. The Morgan fingerprint density at radius 2 is 1.47 bits per heavy atom. The second-order valence-corrected chi connectivity index (χ2v) is 4.23. The molecule has 19 heavy (non-hydrogen) atoms. The molecule has 2 rings (SSSR count). The summed E-state index contributed by atoms with van der Waals surface area (Å²) in [6, 6.07) is 0. The van der Waals surface area contributed by atoms with Gasteiger partial charge in [0.1, 0.15) is 0 Å². The van der Waals surface area contributed by atoms with Crippen LogP contribution in [0.4, 0.5) is 5.95 Å². The van der Waals surface area contributed by atoms with Gasteiger partial charge in [0, 0.05) is 38.1 Å². The first-order valence-corrected chi connectivity index (χ1v) is 7.40. The molecule has 1 aromatic rings. The van der Waals surface area contributed by atoms with Gasteiger partial charge in [0.25, 0.3) is 0 Å². The lowest BCUT2D eigenvalue weighted by Gasteiger charge is -2.32. The molecular weight excluding hydrogens is 236 g/mol. The van der Waals surface area contributed by atoms with Crippen LogP contribution in [-0.4, -0.2) is 48.1 Å². The van der Waals surface area contributed by atoms with Crippen LogP contribution in [0, 0.1) is 13.8 Å². The van der Waals surface area contributed by atoms with Crippen LogP contribution in [-0.2, 0) is 0 Å². The first kappa shape index (κ1) is 17.8. The summed E-state index contributed by atoms with van der Waals surface area (Å²) in [6.45, 7) is 16.3. The molecule has 1 aliphatic heterocycles. The Hall–Kier alpha value is -1.16. The third-order valence-electron chi connectivity index (χ3n) is 3.00. The fourth-order valence-electron chi connectivity index (χ4n) is 1.67. The number of likely N-dealkylation sites (N-methyl/N-ethyl adjacent to an activating group) is 1. The molecule has 1 aliphatic rings. The summed E-state index contributed by atoms with van der Waals surface area (Å²) >= 11 is 0. The highest BCUT2D eigenvalue weighted by Crippen LogP contribution is 2.12. The predicted molar refractivity (Wildman–Crippen MR) is 83.9 cm³/mol. The molecule has 0 aliphatic carbocycles. The highest BCUT2D eigenvalue weighted by Gasteiger charge is 2.16. The number of nitrogens with zero attached hydrogens (tertiary/aromatic N) is 4. The van der Waals surface area contributed by atoms with Crippen molar-refractivity contribution >= 4 is 5.95 Å². The van der Waals surface area contributed by atoms with Crippen molar-refractivity contribution in [2.24, 2.45) is 0 Å². The first-order chi connectivity index (χ1) is 9.16. The SMILES string of the molecule is CC.CC.Cc1cnc(N2CCN(C)CC2)nc1C. The highest BCUT2D eigenvalue weighted by atomic mass is 15.3. The van der Waals surface area contributed by atoms with Crippen LogP contribution in [0.15, 0.2) is 6.20 Å². The van der Waals surface area contributed by atoms with E-state index in [0.29, 0.717) is 0 Å². The van der Waals surface area contributed by atoms with Crippen LogP contribution in [0.5, 0.6) is 0 Å². The van der Waals surface area contributed by atoms with Crippen LogP contribution >= 0.6 is 0 Å². The van der Waals surface area contributed by atoms with Gasteiger partial charge in [0.15, 0.2) is 0 Å². The Morgan fingerprint density at radius 1 is 0.947 bits per heavy atom. The van der Waals surface area contributed by atoms with Gasteiger partial charge in [0.2, 0.25) is 5.95 Å². The van der Waals surface area contributed by atoms with Gasteiger partial charge in [0.05, 0.1) is 0 Å². The molecule has 0 unspecified atom stereocenters. The van der Waals surface area contributed by atoms with E-state index in [9.17, 15) is 0 Å². The molecule has 2 heterocycles. The van der Waals surface area contributed by atoms with Crippen LogP contribution in [0.2, 0.25) is 0 Å². The summed E-state index contributed by atoms with van der Waals surface area (Å²) in [5.74, 6) is 0.881. The minimum Gasteiger partial charge on any atom is -0.338 e. The van der Waals surface area contributed by atoms with Gasteiger partial charge in [-0.1, -0.05) is 27.7 Å². The summed E-state index contributed by atoms with van der Waals surface area (Å²) in [4.78, 5) is 13.5. The first-order valence-electron chi connectivity index (χ1n) is 7.40. The van der Waals surface area contributed by atoms with E-state index in [1.54, 1.807) is 0 Å². The number of piperazine rings is 1. The zero-order valence-corrected chi connectivity index (χ0v) is 13.7. The smallest absolute Gasteiger partial charge is 0.225 e. The second kappa shape index (κ2) is 9.73. The van der Waals surface area contributed by atoms with Crippen molar-refractivity contribution in [1.29, 1.82) is 0 Å².